The van der Waals surface area contributed by atoms with Crippen molar-refractivity contribution >= 4 is 21.5 Å². The van der Waals surface area contributed by atoms with Gasteiger partial charge in [0, 0.05) is 11.7 Å². The number of aromatic carboxylic acids is 1. The summed E-state index contributed by atoms with van der Waals surface area (Å²) in [6, 6.07) is 6.28. The third-order valence-corrected chi connectivity index (χ3v) is 4.76. The second-order valence-electron chi connectivity index (χ2n) is 4.48. The van der Waals surface area contributed by atoms with E-state index in [0.717, 1.165) is 6.42 Å². The van der Waals surface area contributed by atoms with Gasteiger partial charge in [-0.3, -0.25) is 0 Å². The molecule has 98 valence electrons. The van der Waals surface area contributed by atoms with Crippen LogP contribution in [-0.2, 0) is 9.84 Å². The zero-order valence-electron chi connectivity index (χ0n) is 9.80. The molecule has 1 aliphatic heterocycles. The fourth-order valence-corrected chi connectivity index (χ4v) is 3.75. The number of sulfone groups is 1. The molecule has 1 aromatic carbocycles. The molecule has 1 atom stereocenters. The first-order valence-corrected chi connectivity index (χ1v) is 7.59. The molecule has 1 heterocycles. The average molecular weight is 269 g/mol. The highest BCUT2D eigenvalue weighted by atomic mass is 32.2. The fourth-order valence-electron chi connectivity index (χ4n) is 2.11. The quantitative estimate of drug-likeness (QED) is 0.866. The van der Waals surface area contributed by atoms with Gasteiger partial charge in [0.2, 0.25) is 0 Å². The molecule has 1 fully saturated rings. The second kappa shape index (κ2) is 4.97. The maximum atomic E-state index is 11.5. The van der Waals surface area contributed by atoms with Gasteiger partial charge in [-0.2, -0.15) is 0 Å². The predicted molar refractivity (Wildman–Crippen MR) is 68.7 cm³/mol. The molecule has 0 bridgehead atoms. The Morgan fingerprint density at radius 1 is 1.39 bits per heavy atom. The van der Waals surface area contributed by atoms with Crippen LogP contribution in [-0.4, -0.2) is 37.0 Å². The third-order valence-electron chi connectivity index (χ3n) is 2.94. The zero-order valence-corrected chi connectivity index (χ0v) is 10.6. The van der Waals surface area contributed by atoms with E-state index in [4.69, 9.17) is 5.11 Å². The van der Waals surface area contributed by atoms with Crippen molar-refractivity contribution in [3.63, 3.8) is 0 Å². The monoisotopic (exact) mass is 269 g/mol. The summed E-state index contributed by atoms with van der Waals surface area (Å²) in [7, 11) is -2.96. The number of nitrogens with one attached hydrogen (secondary N) is 1. The van der Waals surface area contributed by atoms with E-state index in [2.05, 4.69) is 5.32 Å². The van der Waals surface area contributed by atoms with E-state index in [1.54, 1.807) is 12.1 Å². The number of carboxylic acid groups (broad SMARTS) is 1. The Morgan fingerprint density at radius 2 is 2.17 bits per heavy atom. The lowest BCUT2D eigenvalue weighted by molar-refractivity contribution is 0.0697. The topological polar surface area (TPSA) is 83.5 Å². The summed E-state index contributed by atoms with van der Waals surface area (Å²) in [6.07, 6.45) is 1.44. The standard InChI is InChI=1S/C12H15NO4S/c14-12(15)9-3-1-4-10(7-9)13-11-5-2-6-18(16,17)8-11/h1,3-4,7,11,13H,2,5-6,8H2,(H,14,15). The molecule has 1 aliphatic rings. The maximum Gasteiger partial charge on any atom is 0.335 e. The van der Waals surface area contributed by atoms with Crippen molar-refractivity contribution in [1.82, 2.24) is 0 Å². The van der Waals surface area contributed by atoms with Crippen LogP contribution in [0.4, 0.5) is 5.69 Å². The summed E-state index contributed by atoms with van der Waals surface area (Å²) in [5, 5.41) is 12.0. The van der Waals surface area contributed by atoms with Crippen molar-refractivity contribution in [2.45, 2.75) is 18.9 Å². The van der Waals surface area contributed by atoms with E-state index in [-0.39, 0.29) is 23.1 Å². The van der Waals surface area contributed by atoms with Gasteiger partial charge in [-0.25, -0.2) is 13.2 Å². The van der Waals surface area contributed by atoms with Crippen LogP contribution >= 0.6 is 0 Å². The number of carbonyl (C=O) groups is 1. The van der Waals surface area contributed by atoms with Crippen LogP contribution < -0.4 is 5.32 Å². The summed E-state index contributed by atoms with van der Waals surface area (Å²) < 4.78 is 23.0. The predicted octanol–water partition coefficient (Wildman–Crippen LogP) is 1.37. The van der Waals surface area contributed by atoms with Gasteiger partial charge in [-0.05, 0) is 31.0 Å². The van der Waals surface area contributed by atoms with Gasteiger partial charge in [0.25, 0.3) is 0 Å². The molecule has 0 amide bonds. The highest BCUT2D eigenvalue weighted by Crippen LogP contribution is 2.18. The molecule has 0 saturated carbocycles. The second-order valence-corrected chi connectivity index (χ2v) is 6.71. The largest absolute Gasteiger partial charge is 0.478 e. The van der Waals surface area contributed by atoms with E-state index in [0.29, 0.717) is 12.1 Å². The third kappa shape index (κ3) is 3.22. The van der Waals surface area contributed by atoms with Crippen molar-refractivity contribution in [3.8, 4) is 0 Å². The first-order valence-electron chi connectivity index (χ1n) is 5.76. The van der Waals surface area contributed by atoms with E-state index in [1.807, 2.05) is 0 Å². The fraction of sp³-hybridized carbons (Fsp3) is 0.417. The minimum Gasteiger partial charge on any atom is -0.478 e. The molecule has 1 saturated heterocycles. The first-order chi connectivity index (χ1) is 8.46. The lowest BCUT2D eigenvalue weighted by atomic mass is 10.1. The summed E-state index contributed by atoms with van der Waals surface area (Å²) in [5.41, 5.74) is 0.843. The number of hydrogen-bond acceptors (Lipinski definition) is 4. The van der Waals surface area contributed by atoms with E-state index >= 15 is 0 Å². The van der Waals surface area contributed by atoms with Gasteiger partial charge in [0.15, 0.2) is 9.84 Å². The molecule has 0 aromatic heterocycles. The normalized spacial score (nSPS) is 22.3. The Balaban J connectivity index is 2.09. The summed E-state index contributed by atoms with van der Waals surface area (Å²) in [5.74, 6) is -0.625. The molecule has 6 heteroatoms. The summed E-state index contributed by atoms with van der Waals surface area (Å²) in [4.78, 5) is 10.8. The lowest BCUT2D eigenvalue weighted by Gasteiger charge is -2.24. The van der Waals surface area contributed by atoms with Crippen molar-refractivity contribution in [1.29, 1.82) is 0 Å². The molecule has 1 aromatic rings. The Kier molecular flexibility index (Phi) is 3.56. The van der Waals surface area contributed by atoms with Crippen LogP contribution in [0.1, 0.15) is 23.2 Å². The van der Waals surface area contributed by atoms with Gasteiger partial charge < -0.3 is 10.4 Å². The molecule has 0 aliphatic carbocycles. The molecule has 18 heavy (non-hydrogen) atoms. The molecule has 0 radical (unpaired) electrons. The van der Waals surface area contributed by atoms with Crippen molar-refractivity contribution in [2.24, 2.45) is 0 Å². The van der Waals surface area contributed by atoms with Crippen LogP contribution in [0, 0.1) is 0 Å². The van der Waals surface area contributed by atoms with E-state index in [9.17, 15) is 13.2 Å². The van der Waals surface area contributed by atoms with Gasteiger partial charge in [0.05, 0.1) is 17.1 Å². The summed E-state index contributed by atoms with van der Waals surface area (Å²) in [6.45, 7) is 0. The maximum absolute atomic E-state index is 11.5. The molecule has 0 spiro atoms. The van der Waals surface area contributed by atoms with Gasteiger partial charge in [-0.15, -0.1) is 0 Å². The van der Waals surface area contributed by atoms with Crippen LogP contribution in [0.5, 0.6) is 0 Å². The smallest absolute Gasteiger partial charge is 0.335 e. The van der Waals surface area contributed by atoms with Crippen molar-refractivity contribution in [3.05, 3.63) is 29.8 Å². The first kappa shape index (κ1) is 12.9. The minimum absolute atomic E-state index is 0.115. The molecule has 1 unspecified atom stereocenters. The van der Waals surface area contributed by atoms with Gasteiger partial charge in [-0.1, -0.05) is 6.07 Å². The highest BCUT2D eigenvalue weighted by Gasteiger charge is 2.24. The average Bonchev–Trinajstić information content (AvgIpc) is 2.28. The highest BCUT2D eigenvalue weighted by molar-refractivity contribution is 7.91. The van der Waals surface area contributed by atoms with Crippen molar-refractivity contribution in [2.75, 3.05) is 16.8 Å². The Morgan fingerprint density at radius 3 is 2.83 bits per heavy atom. The van der Waals surface area contributed by atoms with Crippen LogP contribution in [0.15, 0.2) is 24.3 Å². The number of anilines is 1. The van der Waals surface area contributed by atoms with Gasteiger partial charge >= 0.3 is 5.97 Å². The Bertz CT molecular complexity index is 553. The van der Waals surface area contributed by atoms with E-state index < -0.39 is 15.8 Å². The number of benzene rings is 1. The van der Waals surface area contributed by atoms with Crippen LogP contribution in [0.25, 0.3) is 0 Å². The van der Waals surface area contributed by atoms with E-state index in [1.165, 1.54) is 12.1 Å². The summed E-state index contributed by atoms with van der Waals surface area (Å²) >= 11 is 0. The molecular formula is C12H15NO4S. The van der Waals surface area contributed by atoms with Crippen LogP contribution in [0.2, 0.25) is 0 Å². The number of rotatable bonds is 3. The number of carboxylic acids is 1. The Labute approximate surface area is 106 Å². The molecule has 5 nitrogen and oxygen atoms in total. The lowest BCUT2D eigenvalue weighted by Crippen LogP contribution is -2.34. The minimum atomic E-state index is -2.96. The zero-order chi connectivity index (χ0) is 13.2. The molecular weight excluding hydrogens is 254 g/mol. The van der Waals surface area contributed by atoms with Crippen LogP contribution in [0.3, 0.4) is 0 Å². The number of hydrogen-bond donors (Lipinski definition) is 2. The van der Waals surface area contributed by atoms with Crippen molar-refractivity contribution < 1.29 is 18.3 Å². The SMILES string of the molecule is O=C(O)c1cccc(NC2CCCS(=O)(=O)C2)c1. The molecule has 2 N–H and O–H groups in total. The van der Waals surface area contributed by atoms with Gasteiger partial charge in [0.1, 0.15) is 0 Å². The Hall–Kier alpha value is -1.56. The molecule has 2 rings (SSSR count).